The number of hydrogen-bond acceptors (Lipinski definition) is 3. The van der Waals surface area contributed by atoms with Gasteiger partial charge in [-0.2, -0.15) is 0 Å². The van der Waals surface area contributed by atoms with Crippen molar-refractivity contribution in [3.05, 3.63) is 60.6 Å². The predicted octanol–water partition coefficient (Wildman–Crippen LogP) is 4.35. The molecule has 0 fully saturated rings. The third-order valence-electron chi connectivity index (χ3n) is 3.34. The Kier molecular flexibility index (Phi) is 1.77. The van der Waals surface area contributed by atoms with Crippen LogP contribution in [-0.2, 0) is 0 Å². The molecule has 0 N–H and O–H groups in total. The average Bonchev–Trinajstić information content (AvgIpc) is 2.93. The second-order valence-corrected chi connectivity index (χ2v) is 4.59. The van der Waals surface area contributed by atoms with Crippen LogP contribution in [0.3, 0.4) is 0 Å². The zero-order valence-corrected chi connectivity index (χ0v) is 10.5. The van der Waals surface area contributed by atoms with E-state index < -0.39 is 6.85 Å². The van der Waals surface area contributed by atoms with Gasteiger partial charge in [-0.1, -0.05) is 18.2 Å². The van der Waals surface area contributed by atoms with E-state index in [0.29, 0.717) is 5.69 Å². The highest BCUT2D eigenvalue weighted by Gasteiger charge is 2.12. The summed E-state index contributed by atoms with van der Waals surface area (Å²) in [5.74, 6) is 0. The fourth-order valence-electron chi connectivity index (χ4n) is 2.40. The number of para-hydroxylation sites is 1. The molecule has 0 saturated carbocycles. The molecule has 0 saturated heterocycles. The van der Waals surface area contributed by atoms with Crippen LogP contribution >= 0.6 is 0 Å². The van der Waals surface area contributed by atoms with Crippen LogP contribution in [-0.4, -0.2) is 9.97 Å². The third kappa shape index (κ3) is 1.60. The molecule has 20 heavy (non-hydrogen) atoms. The molecule has 0 aliphatic heterocycles. The molecule has 4 aromatic rings. The van der Waals surface area contributed by atoms with E-state index in [2.05, 4.69) is 9.97 Å². The Morgan fingerprint density at radius 1 is 1.05 bits per heavy atom. The Labute approximate surface area is 120 Å². The summed E-state index contributed by atoms with van der Waals surface area (Å²) in [7, 11) is 0. The van der Waals surface area contributed by atoms with Crippen LogP contribution < -0.4 is 0 Å². The first kappa shape index (κ1) is 8.48. The zero-order valence-electron chi connectivity index (χ0n) is 13.5. The van der Waals surface area contributed by atoms with Crippen molar-refractivity contribution in [2.24, 2.45) is 0 Å². The molecule has 96 valence electrons. The molecule has 3 aromatic heterocycles. The van der Waals surface area contributed by atoms with Crippen molar-refractivity contribution >= 4 is 21.9 Å². The van der Waals surface area contributed by atoms with Crippen molar-refractivity contribution < 1.29 is 8.53 Å². The molecule has 3 heteroatoms. The second kappa shape index (κ2) is 4.17. The first-order chi connectivity index (χ1) is 11.0. The van der Waals surface area contributed by atoms with Crippen molar-refractivity contribution in [3.8, 4) is 11.3 Å². The van der Waals surface area contributed by atoms with Gasteiger partial charge in [0.15, 0.2) is 0 Å². The van der Waals surface area contributed by atoms with Gasteiger partial charge in [0.05, 0.1) is 5.69 Å². The van der Waals surface area contributed by atoms with E-state index in [1.165, 1.54) is 6.20 Å². The number of fused-ring (bicyclic) bond motifs is 3. The molecular formula is C17H12N2O. The Morgan fingerprint density at radius 3 is 2.90 bits per heavy atom. The molecule has 4 rings (SSSR count). The number of aryl methyl sites for hydroxylation is 1. The van der Waals surface area contributed by atoms with E-state index in [-0.39, 0.29) is 5.56 Å². The van der Waals surface area contributed by atoms with Gasteiger partial charge < -0.3 is 4.42 Å². The van der Waals surface area contributed by atoms with Crippen LogP contribution in [0.2, 0.25) is 0 Å². The van der Waals surface area contributed by atoms with Crippen molar-refractivity contribution in [1.82, 2.24) is 9.97 Å². The lowest BCUT2D eigenvalue weighted by Crippen LogP contribution is -1.84. The molecule has 0 atom stereocenters. The van der Waals surface area contributed by atoms with Gasteiger partial charge in [-0.25, -0.2) is 0 Å². The van der Waals surface area contributed by atoms with Crippen LogP contribution in [0.15, 0.2) is 59.4 Å². The quantitative estimate of drug-likeness (QED) is 0.512. The number of hydrogen-bond donors (Lipinski definition) is 0. The standard InChI is InChI=1S/C17H12N2O/c1-11-5-6-15(19-9-11)13-4-2-3-12-14-10-18-8-7-16(14)20-17(12)13/h2-10H,1H3/i1D3. The summed E-state index contributed by atoms with van der Waals surface area (Å²) < 4.78 is 28.2. The van der Waals surface area contributed by atoms with Crippen molar-refractivity contribution in [2.45, 2.75) is 6.85 Å². The first-order valence-electron chi connectivity index (χ1n) is 7.76. The summed E-state index contributed by atoms with van der Waals surface area (Å²) in [5, 5.41) is 1.91. The molecule has 3 nitrogen and oxygen atoms in total. The highest BCUT2D eigenvalue weighted by molar-refractivity contribution is 6.08. The first-order valence-corrected chi connectivity index (χ1v) is 6.26. The minimum absolute atomic E-state index is 0.224. The zero-order chi connectivity index (χ0) is 16.0. The average molecular weight is 263 g/mol. The van der Waals surface area contributed by atoms with Gasteiger partial charge >= 0.3 is 0 Å². The van der Waals surface area contributed by atoms with Crippen molar-refractivity contribution in [1.29, 1.82) is 0 Å². The molecule has 0 radical (unpaired) electrons. The number of furan rings is 1. The maximum Gasteiger partial charge on any atom is 0.144 e. The molecule has 1 aromatic carbocycles. The minimum Gasteiger partial charge on any atom is -0.455 e. The summed E-state index contributed by atoms with van der Waals surface area (Å²) in [6.07, 6.45) is 4.86. The molecule has 0 aliphatic carbocycles. The minimum atomic E-state index is -2.15. The molecule has 0 unspecified atom stereocenters. The predicted molar refractivity (Wildman–Crippen MR) is 79.5 cm³/mol. The number of aromatic nitrogens is 2. The fraction of sp³-hybridized carbons (Fsp3) is 0.0588. The van der Waals surface area contributed by atoms with E-state index in [9.17, 15) is 0 Å². The van der Waals surface area contributed by atoms with Crippen LogP contribution in [0.1, 0.15) is 9.68 Å². The Balaban J connectivity index is 1.92. The van der Waals surface area contributed by atoms with E-state index >= 15 is 0 Å². The maximum absolute atomic E-state index is 7.42. The number of nitrogens with zero attached hydrogens (tertiary/aromatic N) is 2. The van der Waals surface area contributed by atoms with Gasteiger partial charge in [-0.05, 0) is 30.6 Å². The lowest BCUT2D eigenvalue weighted by Gasteiger charge is -2.02. The Morgan fingerprint density at radius 2 is 2.05 bits per heavy atom. The van der Waals surface area contributed by atoms with Crippen molar-refractivity contribution in [3.63, 3.8) is 0 Å². The number of benzene rings is 1. The highest BCUT2D eigenvalue weighted by atomic mass is 16.3. The highest BCUT2D eigenvalue weighted by Crippen LogP contribution is 2.34. The summed E-state index contributed by atoms with van der Waals surface area (Å²) in [6.45, 7) is -2.15. The summed E-state index contributed by atoms with van der Waals surface area (Å²) >= 11 is 0. The SMILES string of the molecule is [2H]C([2H])([2H])c1ccc(-c2cccc3c2oc2ccncc23)nc1. The van der Waals surface area contributed by atoms with E-state index in [1.807, 2.05) is 24.3 Å². The van der Waals surface area contributed by atoms with Gasteiger partial charge in [0, 0.05) is 39.0 Å². The van der Waals surface area contributed by atoms with Crippen LogP contribution in [0.5, 0.6) is 0 Å². The van der Waals surface area contributed by atoms with Gasteiger partial charge in [0.25, 0.3) is 0 Å². The molecule has 3 heterocycles. The van der Waals surface area contributed by atoms with Crippen LogP contribution in [0.25, 0.3) is 33.2 Å². The second-order valence-electron chi connectivity index (χ2n) is 4.59. The fourth-order valence-corrected chi connectivity index (χ4v) is 2.40. The van der Waals surface area contributed by atoms with Gasteiger partial charge in [0.1, 0.15) is 11.2 Å². The third-order valence-corrected chi connectivity index (χ3v) is 3.34. The van der Waals surface area contributed by atoms with Gasteiger partial charge in [-0.3, -0.25) is 9.97 Å². The molecule has 0 aliphatic rings. The van der Waals surface area contributed by atoms with E-state index in [1.54, 1.807) is 24.5 Å². The number of pyridine rings is 2. The lowest BCUT2D eigenvalue weighted by molar-refractivity contribution is 0.669. The molecule has 0 bridgehead atoms. The maximum atomic E-state index is 7.42. The Hall–Kier alpha value is -2.68. The van der Waals surface area contributed by atoms with Crippen molar-refractivity contribution in [2.75, 3.05) is 0 Å². The van der Waals surface area contributed by atoms with E-state index in [4.69, 9.17) is 8.53 Å². The van der Waals surface area contributed by atoms with Crippen LogP contribution in [0.4, 0.5) is 0 Å². The molecular weight excluding hydrogens is 248 g/mol. The molecule has 0 spiro atoms. The van der Waals surface area contributed by atoms with E-state index in [0.717, 1.165) is 27.5 Å². The summed E-state index contributed by atoms with van der Waals surface area (Å²) in [6, 6.07) is 10.9. The van der Waals surface area contributed by atoms with Crippen LogP contribution in [0, 0.1) is 6.85 Å². The lowest BCUT2D eigenvalue weighted by atomic mass is 10.1. The monoisotopic (exact) mass is 263 g/mol. The smallest absolute Gasteiger partial charge is 0.144 e. The Bertz CT molecular complexity index is 1000. The topological polar surface area (TPSA) is 38.9 Å². The largest absolute Gasteiger partial charge is 0.455 e. The van der Waals surface area contributed by atoms with Gasteiger partial charge in [0.2, 0.25) is 0 Å². The normalized spacial score (nSPS) is 14.1. The molecule has 0 amide bonds. The summed E-state index contributed by atoms with van der Waals surface area (Å²) in [5.41, 5.74) is 3.22. The van der Waals surface area contributed by atoms with Gasteiger partial charge in [-0.15, -0.1) is 0 Å². The number of rotatable bonds is 1. The summed E-state index contributed by atoms with van der Waals surface area (Å²) in [4.78, 5) is 8.44.